The zero-order valence-electron chi connectivity index (χ0n) is 13.1. The van der Waals surface area contributed by atoms with E-state index in [0.29, 0.717) is 10.2 Å². The van der Waals surface area contributed by atoms with Crippen molar-refractivity contribution in [1.82, 2.24) is 9.97 Å². The number of nitro benzene ring substituents is 1. The van der Waals surface area contributed by atoms with E-state index in [0.717, 1.165) is 28.6 Å². The summed E-state index contributed by atoms with van der Waals surface area (Å²) in [4.78, 5) is 20.4. The molecule has 128 valence electrons. The Hall–Kier alpha value is -3.39. The molecule has 2 heterocycles. The molecule has 2 aromatic carbocycles. The second-order valence-electron chi connectivity index (χ2n) is 5.35. The lowest BCUT2D eigenvalue weighted by Crippen LogP contribution is -1.96. The van der Waals surface area contributed by atoms with Crippen molar-refractivity contribution in [3.63, 3.8) is 0 Å². The van der Waals surface area contributed by atoms with Crippen molar-refractivity contribution < 1.29 is 14.1 Å². The van der Waals surface area contributed by atoms with Gasteiger partial charge < -0.3 is 4.74 Å². The third-order valence-corrected chi connectivity index (χ3v) is 4.77. The van der Waals surface area contributed by atoms with E-state index in [9.17, 15) is 14.5 Å². The number of nitro groups is 1. The fourth-order valence-corrected chi connectivity index (χ4v) is 3.48. The van der Waals surface area contributed by atoms with Gasteiger partial charge in [0.1, 0.15) is 17.0 Å². The quantitative estimate of drug-likeness (QED) is 0.366. The molecule has 26 heavy (non-hydrogen) atoms. The van der Waals surface area contributed by atoms with Gasteiger partial charge in [0.25, 0.3) is 0 Å². The van der Waals surface area contributed by atoms with Crippen molar-refractivity contribution in [3.05, 3.63) is 76.9 Å². The molecule has 0 radical (unpaired) electrons. The van der Waals surface area contributed by atoms with E-state index in [1.807, 2.05) is 36.4 Å². The molecule has 0 N–H and O–H groups in total. The molecule has 8 heteroatoms. The monoisotopic (exact) mass is 367 g/mol. The summed E-state index contributed by atoms with van der Waals surface area (Å²) in [5, 5.41) is 11.8. The average Bonchev–Trinajstić information content (AvgIpc) is 3.08. The normalized spacial score (nSPS) is 10.8. The predicted molar refractivity (Wildman–Crippen MR) is 96.0 cm³/mol. The van der Waals surface area contributed by atoms with Crippen LogP contribution in [0, 0.1) is 15.9 Å². The minimum absolute atomic E-state index is 0.141. The summed E-state index contributed by atoms with van der Waals surface area (Å²) in [5.74, 6) is -0.698. The van der Waals surface area contributed by atoms with Gasteiger partial charge in [-0.05, 0) is 17.7 Å². The summed E-state index contributed by atoms with van der Waals surface area (Å²) in [6, 6.07) is 14.6. The molecule has 0 unspecified atom stereocenters. The van der Waals surface area contributed by atoms with Crippen LogP contribution in [0.1, 0.15) is 0 Å². The number of benzene rings is 2. The van der Waals surface area contributed by atoms with Crippen LogP contribution in [0.15, 0.2) is 60.9 Å². The number of aromatic nitrogens is 2. The number of ether oxygens (including phenoxy) is 1. The Morgan fingerprint density at radius 2 is 1.88 bits per heavy atom. The number of thiophene rings is 1. The zero-order chi connectivity index (χ0) is 18.1. The first kappa shape index (κ1) is 16.1. The van der Waals surface area contributed by atoms with Crippen LogP contribution >= 0.6 is 11.3 Å². The molecule has 2 aromatic heterocycles. The first-order valence-electron chi connectivity index (χ1n) is 7.53. The number of hydrogen-bond acceptors (Lipinski definition) is 6. The SMILES string of the molecule is O=[N+]([O-])c1ccc(F)cc1Oc1ncnc2sc(-c3ccccc3)cc12. The topological polar surface area (TPSA) is 78.2 Å². The molecular weight excluding hydrogens is 357 g/mol. The number of fused-ring (bicyclic) bond motifs is 1. The Labute approximate surface area is 150 Å². The molecule has 0 aliphatic heterocycles. The Bertz CT molecular complexity index is 1120. The van der Waals surface area contributed by atoms with Crippen molar-refractivity contribution in [2.24, 2.45) is 0 Å². The molecule has 0 saturated heterocycles. The van der Waals surface area contributed by atoms with E-state index >= 15 is 0 Å². The maximum Gasteiger partial charge on any atom is 0.311 e. The highest BCUT2D eigenvalue weighted by Gasteiger charge is 2.19. The Morgan fingerprint density at radius 3 is 2.65 bits per heavy atom. The lowest BCUT2D eigenvalue weighted by Gasteiger charge is -2.06. The number of halogens is 1. The van der Waals surface area contributed by atoms with Gasteiger partial charge in [0, 0.05) is 17.0 Å². The van der Waals surface area contributed by atoms with Gasteiger partial charge >= 0.3 is 5.69 Å². The standard InChI is InChI=1S/C18H10FN3O3S/c19-12-6-7-14(22(23)24)15(8-12)25-17-13-9-16(11-4-2-1-3-5-11)26-18(13)21-10-20-17/h1-10H. The number of rotatable bonds is 4. The fraction of sp³-hybridized carbons (Fsp3) is 0. The summed E-state index contributed by atoms with van der Waals surface area (Å²) < 4.78 is 19.1. The first-order valence-corrected chi connectivity index (χ1v) is 8.35. The molecule has 0 fully saturated rings. The highest BCUT2D eigenvalue weighted by Crippen LogP contribution is 2.38. The van der Waals surface area contributed by atoms with E-state index in [2.05, 4.69) is 9.97 Å². The van der Waals surface area contributed by atoms with Gasteiger partial charge in [-0.25, -0.2) is 14.4 Å². The van der Waals surface area contributed by atoms with Gasteiger partial charge in [0.05, 0.1) is 10.3 Å². The largest absolute Gasteiger partial charge is 0.431 e. The zero-order valence-corrected chi connectivity index (χ0v) is 13.9. The Kier molecular flexibility index (Phi) is 4.02. The number of nitrogens with zero attached hydrogens (tertiary/aromatic N) is 3. The highest BCUT2D eigenvalue weighted by atomic mass is 32.1. The van der Waals surface area contributed by atoms with Crippen LogP contribution in [-0.2, 0) is 0 Å². The second-order valence-corrected chi connectivity index (χ2v) is 6.38. The molecule has 4 aromatic rings. The van der Waals surface area contributed by atoms with Gasteiger partial charge in [-0.15, -0.1) is 11.3 Å². The molecule has 0 amide bonds. The molecule has 0 spiro atoms. The van der Waals surface area contributed by atoms with Crippen molar-refractivity contribution in [3.8, 4) is 22.1 Å². The maximum atomic E-state index is 13.5. The molecule has 0 saturated carbocycles. The predicted octanol–water partition coefficient (Wildman–Crippen LogP) is 5.20. The van der Waals surface area contributed by atoms with Crippen LogP contribution < -0.4 is 4.74 Å². The van der Waals surface area contributed by atoms with Crippen molar-refractivity contribution in [2.45, 2.75) is 0 Å². The molecule has 0 aliphatic rings. The first-order chi connectivity index (χ1) is 12.6. The van der Waals surface area contributed by atoms with Crippen LogP contribution in [0.5, 0.6) is 11.6 Å². The van der Waals surface area contributed by atoms with Crippen LogP contribution in [0.2, 0.25) is 0 Å². The molecule has 0 atom stereocenters. The Morgan fingerprint density at radius 1 is 1.08 bits per heavy atom. The van der Waals surface area contributed by atoms with E-state index in [4.69, 9.17) is 4.74 Å². The minimum atomic E-state index is -0.633. The summed E-state index contributed by atoms with van der Waals surface area (Å²) in [5.41, 5.74) is 0.676. The third-order valence-electron chi connectivity index (χ3n) is 3.68. The van der Waals surface area contributed by atoms with Crippen molar-refractivity contribution in [2.75, 3.05) is 0 Å². The molecule has 4 rings (SSSR count). The van der Waals surface area contributed by atoms with Crippen LogP contribution in [-0.4, -0.2) is 14.9 Å². The lowest BCUT2D eigenvalue weighted by molar-refractivity contribution is -0.385. The molecule has 0 bridgehead atoms. The van der Waals surface area contributed by atoms with E-state index in [-0.39, 0.29) is 17.3 Å². The summed E-state index contributed by atoms with van der Waals surface area (Å²) in [7, 11) is 0. The van der Waals surface area contributed by atoms with Crippen LogP contribution in [0.4, 0.5) is 10.1 Å². The summed E-state index contributed by atoms with van der Waals surface area (Å²) >= 11 is 1.45. The fourth-order valence-electron chi connectivity index (χ4n) is 2.48. The highest BCUT2D eigenvalue weighted by molar-refractivity contribution is 7.21. The van der Waals surface area contributed by atoms with Gasteiger partial charge in [-0.3, -0.25) is 10.1 Å². The second kappa shape index (κ2) is 6.49. The molecule has 6 nitrogen and oxygen atoms in total. The van der Waals surface area contributed by atoms with E-state index in [1.165, 1.54) is 17.7 Å². The number of hydrogen-bond donors (Lipinski definition) is 0. The summed E-state index contributed by atoms with van der Waals surface area (Å²) in [6.07, 6.45) is 1.31. The van der Waals surface area contributed by atoms with E-state index in [1.54, 1.807) is 0 Å². The van der Waals surface area contributed by atoms with Crippen molar-refractivity contribution in [1.29, 1.82) is 0 Å². The lowest BCUT2D eigenvalue weighted by atomic mass is 10.2. The smallest absolute Gasteiger partial charge is 0.311 e. The van der Waals surface area contributed by atoms with Gasteiger partial charge in [0.2, 0.25) is 11.6 Å². The van der Waals surface area contributed by atoms with Gasteiger partial charge in [0.15, 0.2) is 0 Å². The molecular formula is C18H10FN3O3S. The van der Waals surface area contributed by atoms with Gasteiger partial charge in [-0.1, -0.05) is 30.3 Å². The van der Waals surface area contributed by atoms with Gasteiger partial charge in [-0.2, -0.15) is 0 Å². The van der Waals surface area contributed by atoms with Crippen LogP contribution in [0.3, 0.4) is 0 Å². The van der Waals surface area contributed by atoms with E-state index < -0.39 is 10.7 Å². The van der Waals surface area contributed by atoms with Crippen LogP contribution in [0.25, 0.3) is 20.7 Å². The third kappa shape index (κ3) is 2.98. The minimum Gasteiger partial charge on any atom is -0.431 e. The Balaban J connectivity index is 1.80. The maximum absolute atomic E-state index is 13.5. The summed E-state index contributed by atoms with van der Waals surface area (Å²) in [6.45, 7) is 0. The molecule has 0 aliphatic carbocycles. The average molecular weight is 367 g/mol. The van der Waals surface area contributed by atoms with Crippen molar-refractivity contribution >= 4 is 27.2 Å².